The number of hydrogen-bond donors (Lipinski definition) is 2. The Bertz CT molecular complexity index is 729. The van der Waals surface area contributed by atoms with Gasteiger partial charge in [-0.1, -0.05) is 30.9 Å². The van der Waals surface area contributed by atoms with Crippen LogP contribution in [-0.2, 0) is 19.1 Å². The van der Waals surface area contributed by atoms with E-state index in [0.29, 0.717) is 6.42 Å². The first kappa shape index (κ1) is 18.6. The van der Waals surface area contributed by atoms with Crippen LogP contribution in [0.2, 0.25) is 0 Å². The minimum atomic E-state index is -1.16. The van der Waals surface area contributed by atoms with E-state index in [4.69, 9.17) is 14.6 Å². The summed E-state index contributed by atoms with van der Waals surface area (Å²) in [5.41, 5.74) is 0.172. The van der Waals surface area contributed by atoms with E-state index in [2.05, 4.69) is 13.2 Å². The predicted octanol–water partition coefficient (Wildman–Crippen LogP) is 1.45. The molecule has 0 radical (unpaired) electrons. The lowest BCUT2D eigenvalue weighted by Gasteiger charge is -2.34. The van der Waals surface area contributed by atoms with Gasteiger partial charge in [-0.25, -0.2) is 9.59 Å². The molecule has 0 unspecified atom stereocenters. The van der Waals surface area contributed by atoms with Crippen molar-refractivity contribution >= 4 is 11.9 Å². The van der Waals surface area contributed by atoms with Crippen LogP contribution in [0.1, 0.15) is 20.3 Å². The Labute approximate surface area is 152 Å². The van der Waals surface area contributed by atoms with E-state index in [1.807, 2.05) is 6.08 Å². The minimum Gasteiger partial charge on any atom is -0.458 e. The molecule has 140 valence electrons. The van der Waals surface area contributed by atoms with Crippen LogP contribution < -0.4 is 0 Å². The number of aliphatic hydroxyl groups is 2. The van der Waals surface area contributed by atoms with Crippen molar-refractivity contribution < 1.29 is 29.3 Å². The number of rotatable bonds is 3. The van der Waals surface area contributed by atoms with E-state index in [0.717, 1.165) is 5.57 Å². The first-order valence-corrected chi connectivity index (χ1v) is 8.65. The van der Waals surface area contributed by atoms with Crippen molar-refractivity contribution in [3.63, 3.8) is 0 Å². The molecule has 1 heterocycles. The molecule has 26 heavy (non-hydrogen) atoms. The van der Waals surface area contributed by atoms with Gasteiger partial charge in [-0.2, -0.15) is 0 Å². The molecule has 0 amide bonds. The van der Waals surface area contributed by atoms with Crippen LogP contribution in [0.3, 0.4) is 0 Å². The number of carbonyl (C=O) groups is 2. The lowest BCUT2D eigenvalue weighted by atomic mass is 9.76. The molecule has 0 aromatic carbocycles. The molecule has 1 saturated carbocycles. The molecule has 0 aromatic heterocycles. The van der Waals surface area contributed by atoms with Crippen LogP contribution in [0, 0.1) is 17.8 Å². The summed E-state index contributed by atoms with van der Waals surface area (Å²) < 4.78 is 11.2. The molecule has 0 aromatic rings. The van der Waals surface area contributed by atoms with Gasteiger partial charge in [0.2, 0.25) is 0 Å². The third-order valence-corrected chi connectivity index (χ3v) is 5.63. The Morgan fingerprint density at radius 1 is 1.50 bits per heavy atom. The molecule has 2 N–H and O–H groups in total. The van der Waals surface area contributed by atoms with Gasteiger partial charge in [-0.05, 0) is 19.9 Å². The fourth-order valence-corrected chi connectivity index (χ4v) is 4.25. The molecule has 0 spiro atoms. The van der Waals surface area contributed by atoms with Crippen LogP contribution in [0.5, 0.6) is 0 Å². The normalized spacial score (nSPS) is 39.3. The fourth-order valence-electron chi connectivity index (χ4n) is 4.25. The zero-order valence-corrected chi connectivity index (χ0v) is 15.0. The standard InChI is InChI=1S/C20H24O6/c1-10(6-8-21)18(22)25-14-9-11(2)13-5-7-20(4,24)16(13)17-15(14)12(3)19(23)26-17/h5-7,13-17,21,24H,2-3,8-9H2,1,4H3/b10-6+/t13-,14-,15+,16-,17-,20+/m1/s1. The van der Waals surface area contributed by atoms with Crippen LogP contribution in [0.4, 0.5) is 0 Å². The summed E-state index contributed by atoms with van der Waals surface area (Å²) >= 11 is 0. The maximum atomic E-state index is 12.3. The summed E-state index contributed by atoms with van der Waals surface area (Å²) in [7, 11) is 0. The fraction of sp³-hybridized carbons (Fsp3) is 0.500. The van der Waals surface area contributed by atoms with Crippen LogP contribution in [0.15, 0.2) is 48.1 Å². The zero-order chi connectivity index (χ0) is 19.2. The van der Waals surface area contributed by atoms with Crippen molar-refractivity contribution in [1.29, 1.82) is 0 Å². The largest absolute Gasteiger partial charge is 0.458 e. The highest BCUT2D eigenvalue weighted by Gasteiger charge is 2.58. The summed E-state index contributed by atoms with van der Waals surface area (Å²) in [6.07, 6.45) is 3.97. The quantitative estimate of drug-likeness (QED) is 0.450. The molecule has 6 atom stereocenters. The van der Waals surface area contributed by atoms with Gasteiger partial charge in [-0.15, -0.1) is 0 Å². The molecule has 1 aliphatic heterocycles. The Morgan fingerprint density at radius 2 is 2.19 bits per heavy atom. The average Bonchev–Trinajstić information content (AvgIpc) is 2.98. The second-order valence-electron chi connectivity index (χ2n) is 7.43. The number of fused-ring (bicyclic) bond motifs is 3. The van der Waals surface area contributed by atoms with Gasteiger partial charge in [0.05, 0.1) is 18.1 Å². The van der Waals surface area contributed by atoms with Crippen molar-refractivity contribution in [3.8, 4) is 0 Å². The lowest BCUT2D eigenvalue weighted by Crippen LogP contribution is -2.44. The number of esters is 2. The predicted molar refractivity (Wildman–Crippen MR) is 93.7 cm³/mol. The van der Waals surface area contributed by atoms with Gasteiger partial charge in [-0.3, -0.25) is 0 Å². The first-order chi connectivity index (χ1) is 12.2. The minimum absolute atomic E-state index is 0.172. The van der Waals surface area contributed by atoms with E-state index in [9.17, 15) is 14.7 Å². The monoisotopic (exact) mass is 360 g/mol. The van der Waals surface area contributed by atoms with E-state index in [-0.39, 0.29) is 23.7 Å². The summed E-state index contributed by atoms with van der Waals surface area (Å²) in [6.45, 7) is 10.9. The lowest BCUT2D eigenvalue weighted by molar-refractivity contribution is -0.151. The molecule has 6 heteroatoms. The molecule has 3 rings (SSSR count). The van der Waals surface area contributed by atoms with Crippen molar-refractivity contribution in [2.75, 3.05) is 6.61 Å². The summed E-state index contributed by atoms with van der Waals surface area (Å²) in [5, 5.41) is 19.7. The van der Waals surface area contributed by atoms with Crippen molar-refractivity contribution in [2.45, 2.75) is 38.1 Å². The van der Waals surface area contributed by atoms with Crippen molar-refractivity contribution in [3.05, 3.63) is 48.1 Å². The summed E-state index contributed by atoms with van der Waals surface area (Å²) in [6, 6.07) is 0. The molecular formula is C20H24O6. The van der Waals surface area contributed by atoms with E-state index in [1.165, 1.54) is 6.08 Å². The number of aliphatic hydroxyl groups excluding tert-OH is 1. The van der Waals surface area contributed by atoms with Gasteiger partial charge in [0.1, 0.15) is 12.2 Å². The SMILES string of the molecule is C=C1C(=O)O[C@@H]2[C@@H]1[C@H](OC(=O)/C(C)=C/CO)CC(=C)[C@H]1C=C[C@](C)(O)[C@@H]21. The van der Waals surface area contributed by atoms with Crippen LogP contribution in [-0.4, -0.2) is 46.6 Å². The Balaban J connectivity index is 1.97. The smallest absolute Gasteiger partial charge is 0.334 e. The molecule has 3 aliphatic rings. The van der Waals surface area contributed by atoms with Gasteiger partial charge in [0.25, 0.3) is 0 Å². The van der Waals surface area contributed by atoms with Crippen molar-refractivity contribution in [2.24, 2.45) is 17.8 Å². The molecule has 0 bridgehead atoms. The maximum Gasteiger partial charge on any atom is 0.334 e. The highest BCUT2D eigenvalue weighted by molar-refractivity contribution is 5.92. The van der Waals surface area contributed by atoms with Gasteiger partial charge in [0.15, 0.2) is 0 Å². The number of carbonyl (C=O) groups excluding carboxylic acids is 2. The van der Waals surface area contributed by atoms with E-state index < -0.39 is 41.6 Å². The molecule has 1 saturated heterocycles. The Hall–Kier alpha value is -2.18. The van der Waals surface area contributed by atoms with Crippen LogP contribution in [0.25, 0.3) is 0 Å². The summed E-state index contributed by atoms with van der Waals surface area (Å²) in [5.74, 6) is -2.23. The highest BCUT2D eigenvalue weighted by Crippen LogP contribution is 2.51. The topological polar surface area (TPSA) is 93.1 Å². The second-order valence-corrected chi connectivity index (χ2v) is 7.43. The Morgan fingerprint density at radius 3 is 2.85 bits per heavy atom. The molecular weight excluding hydrogens is 336 g/mol. The number of allylic oxidation sites excluding steroid dienone is 1. The molecule has 2 aliphatic carbocycles. The van der Waals surface area contributed by atoms with Gasteiger partial charge in [0, 0.05) is 29.4 Å². The van der Waals surface area contributed by atoms with Gasteiger partial charge >= 0.3 is 11.9 Å². The maximum absolute atomic E-state index is 12.3. The van der Waals surface area contributed by atoms with Crippen molar-refractivity contribution in [1.82, 2.24) is 0 Å². The Kier molecular flexibility index (Phi) is 4.67. The second kappa shape index (κ2) is 6.52. The zero-order valence-electron chi connectivity index (χ0n) is 15.0. The van der Waals surface area contributed by atoms with Crippen LogP contribution >= 0.6 is 0 Å². The third-order valence-electron chi connectivity index (χ3n) is 5.63. The number of hydrogen-bond acceptors (Lipinski definition) is 6. The van der Waals surface area contributed by atoms with E-state index in [1.54, 1.807) is 19.9 Å². The molecule has 6 nitrogen and oxygen atoms in total. The molecule has 2 fully saturated rings. The first-order valence-electron chi connectivity index (χ1n) is 8.65. The summed E-state index contributed by atoms with van der Waals surface area (Å²) in [4.78, 5) is 24.5. The highest BCUT2D eigenvalue weighted by atomic mass is 16.6. The third kappa shape index (κ3) is 2.93. The van der Waals surface area contributed by atoms with Gasteiger partial charge < -0.3 is 19.7 Å². The average molecular weight is 360 g/mol. The van der Waals surface area contributed by atoms with E-state index >= 15 is 0 Å². The number of ether oxygens (including phenoxy) is 2.